The van der Waals surface area contributed by atoms with Crippen LogP contribution in [0.2, 0.25) is 0 Å². The van der Waals surface area contributed by atoms with Crippen LogP contribution in [0, 0.1) is 5.92 Å². The maximum absolute atomic E-state index is 13.3. The number of para-hydroxylation sites is 1. The van der Waals surface area contributed by atoms with Crippen LogP contribution in [0.4, 0.5) is 11.4 Å². The first-order chi connectivity index (χ1) is 14.2. The number of unbranched alkanes of at least 4 members (excludes halogenated alkanes) is 1. The van der Waals surface area contributed by atoms with Gasteiger partial charge in [0.25, 0.3) is 0 Å². The molecule has 2 atom stereocenters. The molecule has 0 aromatic heterocycles. The largest absolute Gasteiger partial charge is 0.611 e. The molecule has 0 saturated carbocycles. The second-order valence-electron chi connectivity index (χ2n) is 7.24. The molecule has 6 heteroatoms. The van der Waals surface area contributed by atoms with Gasteiger partial charge in [-0.05, 0) is 42.1 Å². The Hall–Kier alpha value is -1.63. The van der Waals surface area contributed by atoms with Crippen LogP contribution in [-0.2, 0) is 16.0 Å². The quantitative estimate of drug-likeness (QED) is 0.229. The standard InChI is InChI=1S/C23H29NO3S2/c1-3-4-9-18-16-24(19-10-6-5-7-11-19)20-14-22(28-2)21(27-13-8-12-25)15-23(20)29(26)17-18/h5-7,10-12,14-15,18H,3-4,8-9,13,16-17H2,1-2H3. The van der Waals surface area contributed by atoms with Crippen LogP contribution in [0.1, 0.15) is 32.6 Å². The van der Waals surface area contributed by atoms with E-state index < -0.39 is 11.2 Å². The lowest BCUT2D eigenvalue weighted by atomic mass is 10.0. The van der Waals surface area contributed by atoms with E-state index >= 15 is 0 Å². The summed E-state index contributed by atoms with van der Waals surface area (Å²) in [6, 6.07) is 14.4. The normalized spacial score (nSPS) is 18.8. The van der Waals surface area contributed by atoms with Gasteiger partial charge < -0.3 is 19.0 Å². The van der Waals surface area contributed by atoms with Crippen molar-refractivity contribution in [2.75, 3.05) is 30.1 Å². The van der Waals surface area contributed by atoms with E-state index in [1.54, 1.807) is 11.8 Å². The minimum atomic E-state index is -1.09. The summed E-state index contributed by atoms with van der Waals surface area (Å²) < 4.78 is 19.2. The molecule has 1 aliphatic rings. The molecule has 29 heavy (non-hydrogen) atoms. The van der Waals surface area contributed by atoms with E-state index in [-0.39, 0.29) is 0 Å². The first-order valence-corrected chi connectivity index (χ1v) is 12.7. The van der Waals surface area contributed by atoms with E-state index in [4.69, 9.17) is 4.74 Å². The zero-order chi connectivity index (χ0) is 20.6. The maximum Gasteiger partial charge on any atom is 0.180 e. The van der Waals surface area contributed by atoms with E-state index in [0.717, 1.165) is 53.3 Å². The van der Waals surface area contributed by atoms with Crippen LogP contribution >= 0.6 is 11.8 Å². The number of hydrogen-bond acceptors (Lipinski definition) is 5. The molecule has 2 unspecified atom stereocenters. The Bertz CT molecular complexity index is 800. The van der Waals surface area contributed by atoms with E-state index in [0.29, 0.717) is 30.4 Å². The molecule has 2 aromatic carbocycles. The number of benzene rings is 2. The predicted octanol–water partition coefficient (Wildman–Crippen LogP) is 5.44. The summed E-state index contributed by atoms with van der Waals surface area (Å²) in [5.41, 5.74) is 2.12. The molecule has 0 radical (unpaired) electrons. The molecular formula is C23H29NO3S2. The van der Waals surface area contributed by atoms with Crippen LogP contribution in [0.3, 0.4) is 0 Å². The summed E-state index contributed by atoms with van der Waals surface area (Å²) in [5.74, 6) is 1.76. The van der Waals surface area contributed by atoms with Crippen molar-refractivity contribution >= 4 is 40.6 Å². The van der Waals surface area contributed by atoms with E-state index in [1.165, 1.54) is 0 Å². The fraction of sp³-hybridized carbons (Fsp3) is 0.435. The van der Waals surface area contributed by atoms with E-state index in [2.05, 4.69) is 30.0 Å². The van der Waals surface area contributed by atoms with Crippen molar-refractivity contribution in [2.24, 2.45) is 5.92 Å². The minimum absolute atomic E-state index is 0.337. The minimum Gasteiger partial charge on any atom is -0.611 e. The second kappa shape index (κ2) is 11.0. The van der Waals surface area contributed by atoms with Gasteiger partial charge in [-0.2, -0.15) is 0 Å². The molecule has 0 bridgehead atoms. The van der Waals surface area contributed by atoms with Gasteiger partial charge in [-0.3, -0.25) is 0 Å². The predicted molar refractivity (Wildman–Crippen MR) is 122 cm³/mol. The maximum atomic E-state index is 13.3. The lowest BCUT2D eigenvalue weighted by Gasteiger charge is -2.27. The van der Waals surface area contributed by atoms with Gasteiger partial charge >= 0.3 is 0 Å². The average Bonchev–Trinajstić information content (AvgIpc) is 2.88. The average molecular weight is 432 g/mol. The molecule has 0 saturated heterocycles. The third-order valence-electron chi connectivity index (χ3n) is 5.14. The SMILES string of the molecule is CCCCC1CN(c2ccccc2)c2cc(SC)c(OCCC=O)cc2[S+]([O-])C1. The summed E-state index contributed by atoms with van der Waals surface area (Å²) in [6.45, 7) is 3.40. The van der Waals surface area contributed by atoms with Gasteiger partial charge in [-0.25, -0.2) is 0 Å². The Labute approximate surface area is 181 Å². The van der Waals surface area contributed by atoms with Gasteiger partial charge in [0.2, 0.25) is 0 Å². The lowest BCUT2D eigenvalue weighted by Crippen LogP contribution is -2.26. The van der Waals surface area contributed by atoms with E-state index in [1.807, 2.05) is 30.5 Å². The number of thioether (sulfide) groups is 1. The number of fused-ring (bicyclic) bond motifs is 1. The van der Waals surface area contributed by atoms with Gasteiger partial charge in [0.15, 0.2) is 4.90 Å². The molecule has 0 spiro atoms. The second-order valence-corrected chi connectivity index (χ2v) is 9.55. The number of anilines is 2. The molecule has 4 nitrogen and oxygen atoms in total. The van der Waals surface area contributed by atoms with Crippen molar-refractivity contribution in [2.45, 2.75) is 42.4 Å². The van der Waals surface area contributed by atoms with Gasteiger partial charge in [-0.1, -0.05) is 38.0 Å². The fourth-order valence-electron chi connectivity index (χ4n) is 3.65. The Morgan fingerprint density at radius 1 is 1.31 bits per heavy atom. The highest BCUT2D eigenvalue weighted by Crippen LogP contribution is 2.43. The van der Waals surface area contributed by atoms with Crippen LogP contribution in [0.5, 0.6) is 5.75 Å². The topological polar surface area (TPSA) is 52.6 Å². The third-order valence-corrected chi connectivity index (χ3v) is 7.49. The summed E-state index contributed by atoms with van der Waals surface area (Å²) in [5, 5.41) is 0. The van der Waals surface area contributed by atoms with Crippen molar-refractivity contribution in [1.29, 1.82) is 0 Å². The monoisotopic (exact) mass is 431 g/mol. The van der Waals surface area contributed by atoms with Crippen LogP contribution < -0.4 is 9.64 Å². The first-order valence-electron chi connectivity index (χ1n) is 10.2. The van der Waals surface area contributed by atoms with E-state index in [9.17, 15) is 9.35 Å². The van der Waals surface area contributed by atoms with Crippen molar-refractivity contribution in [3.8, 4) is 5.75 Å². The summed E-state index contributed by atoms with van der Waals surface area (Å²) >= 11 is 0.518. The fourth-order valence-corrected chi connectivity index (χ4v) is 5.72. The van der Waals surface area contributed by atoms with Gasteiger partial charge in [0, 0.05) is 30.6 Å². The summed E-state index contributed by atoms with van der Waals surface area (Å²) in [4.78, 5) is 14.8. The molecule has 156 valence electrons. The highest BCUT2D eigenvalue weighted by molar-refractivity contribution is 7.98. The smallest absolute Gasteiger partial charge is 0.180 e. The van der Waals surface area contributed by atoms with Crippen LogP contribution in [0.25, 0.3) is 0 Å². The third kappa shape index (κ3) is 5.50. The lowest BCUT2D eigenvalue weighted by molar-refractivity contribution is -0.108. The van der Waals surface area contributed by atoms with Crippen LogP contribution in [-0.4, -0.2) is 36.0 Å². The molecular weight excluding hydrogens is 402 g/mol. The Balaban J connectivity index is 2.03. The molecule has 1 heterocycles. The Kier molecular flexibility index (Phi) is 8.33. The van der Waals surface area contributed by atoms with Crippen molar-refractivity contribution in [3.63, 3.8) is 0 Å². The Morgan fingerprint density at radius 2 is 2.10 bits per heavy atom. The van der Waals surface area contributed by atoms with Crippen molar-refractivity contribution in [1.82, 2.24) is 0 Å². The number of nitrogens with zero attached hydrogens (tertiary/aromatic N) is 1. The molecule has 1 aliphatic heterocycles. The van der Waals surface area contributed by atoms with Gasteiger partial charge in [0.1, 0.15) is 17.8 Å². The zero-order valence-electron chi connectivity index (χ0n) is 17.1. The highest BCUT2D eigenvalue weighted by Gasteiger charge is 2.32. The van der Waals surface area contributed by atoms with Crippen molar-refractivity contribution in [3.05, 3.63) is 42.5 Å². The highest BCUT2D eigenvalue weighted by atomic mass is 32.2. The number of carbonyl (C=O) groups excluding carboxylic acids is 1. The zero-order valence-corrected chi connectivity index (χ0v) is 18.8. The molecule has 0 N–H and O–H groups in total. The van der Waals surface area contributed by atoms with Crippen LogP contribution in [0.15, 0.2) is 52.3 Å². The molecule has 0 fully saturated rings. The Morgan fingerprint density at radius 3 is 2.79 bits per heavy atom. The summed E-state index contributed by atoms with van der Waals surface area (Å²) in [6.07, 6.45) is 6.60. The molecule has 0 aliphatic carbocycles. The number of ether oxygens (including phenoxy) is 1. The van der Waals surface area contributed by atoms with Crippen molar-refractivity contribution < 1.29 is 14.1 Å². The summed E-state index contributed by atoms with van der Waals surface area (Å²) in [7, 11) is 0. The van der Waals surface area contributed by atoms with Gasteiger partial charge in [0.05, 0.1) is 17.2 Å². The number of hydrogen-bond donors (Lipinski definition) is 0. The molecule has 0 amide bonds. The van der Waals surface area contributed by atoms with Gasteiger partial charge in [-0.15, -0.1) is 11.8 Å². The first kappa shape index (κ1) is 22.1. The number of rotatable bonds is 9. The number of carbonyl (C=O) groups is 1. The molecule has 3 rings (SSSR count). The number of aldehydes is 1. The molecule has 2 aromatic rings.